The molecule has 8 heteroatoms. The van der Waals surface area contributed by atoms with E-state index in [1.165, 1.54) is 16.2 Å². The Morgan fingerprint density at radius 1 is 1.05 bits per heavy atom. The van der Waals surface area contributed by atoms with Crippen LogP contribution in [-0.4, -0.2) is 35.5 Å². The van der Waals surface area contributed by atoms with E-state index in [0.29, 0.717) is 40.3 Å². The average molecular weight is 529 g/mol. The number of carbonyl (C=O) groups excluding carboxylic acids is 2. The van der Waals surface area contributed by atoms with Crippen molar-refractivity contribution in [3.05, 3.63) is 89.0 Å². The molecular formula is C30H28N2O5S. The number of carbonyl (C=O) groups is 2. The Morgan fingerprint density at radius 3 is 2.53 bits per heavy atom. The summed E-state index contributed by atoms with van der Waals surface area (Å²) < 4.78 is 12.0. The van der Waals surface area contributed by atoms with E-state index in [2.05, 4.69) is 4.98 Å². The first-order valence-corrected chi connectivity index (χ1v) is 13.1. The molecule has 1 saturated heterocycles. The van der Waals surface area contributed by atoms with Crippen molar-refractivity contribution in [2.75, 3.05) is 18.6 Å². The number of Topliss-reactive ketones (excluding diaryl/α,β-unsaturated/α-hetero) is 1. The zero-order chi connectivity index (χ0) is 27.0. The number of aromatic nitrogens is 1. The van der Waals surface area contributed by atoms with E-state index in [-0.39, 0.29) is 11.3 Å². The largest absolute Gasteiger partial charge is 0.507 e. The molecule has 4 aromatic rings. The van der Waals surface area contributed by atoms with Gasteiger partial charge in [-0.25, -0.2) is 4.98 Å². The lowest BCUT2D eigenvalue weighted by Crippen LogP contribution is -2.29. The van der Waals surface area contributed by atoms with E-state index in [1.807, 2.05) is 39.0 Å². The highest BCUT2D eigenvalue weighted by atomic mass is 32.1. The van der Waals surface area contributed by atoms with Crippen molar-refractivity contribution in [2.45, 2.75) is 26.8 Å². The molecule has 2 heterocycles. The third kappa shape index (κ3) is 4.75. The summed E-state index contributed by atoms with van der Waals surface area (Å²) in [4.78, 5) is 33.0. The van der Waals surface area contributed by atoms with Gasteiger partial charge in [0.2, 0.25) is 0 Å². The van der Waals surface area contributed by atoms with Crippen LogP contribution in [0.1, 0.15) is 36.6 Å². The van der Waals surface area contributed by atoms with E-state index in [9.17, 15) is 14.7 Å². The van der Waals surface area contributed by atoms with Crippen LogP contribution in [0.15, 0.2) is 72.3 Å². The molecule has 3 aromatic carbocycles. The Kier molecular flexibility index (Phi) is 6.91. The van der Waals surface area contributed by atoms with Gasteiger partial charge < -0.3 is 14.6 Å². The fourth-order valence-electron chi connectivity index (χ4n) is 4.41. The summed E-state index contributed by atoms with van der Waals surface area (Å²) in [6.45, 7) is 6.59. The van der Waals surface area contributed by atoms with Crippen LogP contribution in [0, 0.1) is 12.8 Å². The first-order chi connectivity index (χ1) is 18.3. The Balaban J connectivity index is 1.66. The molecule has 1 aliphatic rings. The van der Waals surface area contributed by atoms with E-state index in [1.54, 1.807) is 55.6 Å². The maximum absolute atomic E-state index is 13.5. The highest BCUT2D eigenvalue weighted by Crippen LogP contribution is 2.44. The molecule has 1 unspecified atom stereocenters. The van der Waals surface area contributed by atoms with Crippen molar-refractivity contribution in [1.29, 1.82) is 0 Å². The molecule has 7 nitrogen and oxygen atoms in total. The molecule has 0 radical (unpaired) electrons. The van der Waals surface area contributed by atoms with Crippen LogP contribution in [0.2, 0.25) is 0 Å². The predicted octanol–water partition coefficient (Wildman–Crippen LogP) is 6.27. The second-order valence-electron chi connectivity index (χ2n) is 9.64. The monoisotopic (exact) mass is 528 g/mol. The van der Waals surface area contributed by atoms with Crippen LogP contribution in [0.4, 0.5) is 5.13 Å². The number of ether oxygens (including phenoxy) is 2. The lowest BCUT2D eigenvalue weighted by atomic mass is 9.95. The maximum Gasteiger partial charge on any atom is 0.301 e. The van der Waals surface area contributed by atoms with Gasteiger partial charge in [-0.3, -0.25) is 14.5 Å². The molecule has 1 aromatic heterocycles. The van der Waals surface area contributed by atoms with Gasteiger partial charge in [0.15, 0.2) is 5.13 Å². The molecule has 38 heavy (non-hydrogen) atoms. The van der Waals surface area contributed by atoms with Gasteiger partial charge in [-0.2, -0.15) is 0 Å². The number of benzene rings is 3. The standard InChI is InChI=1S/C30H28N2O5S/c1-17(2)16-37-22-7-5-6-20(15-22)27(33)25-26(19-9-11-21(36-4)12-10-19)32(29(35)28(25)34)30-31-23-13-8-18(3)14-24(23)38-30/h5-15,17,26,33H,16H2,1-4H3/b27-25+. The summed E-state index contributed by atoms with van der Waals surface area (Å²) in [5.41, 5.74) is 2.84. The van der Waals surface area contributed by atoms with Crippen molar-refractivity contribution >= 4 is 44.1 Å². The number of rotatable bonds is 7. The fraction of sp³-hybridized carbons (Fsp3) is 0.233. The van der Waals surface area contributed by atoms with Gasteiger partial charge in [0.05, 0.1) is 35.5 Å². The number of hydrogen-bond acceptors (Lipinski definition) is 7. The zero-order valence-electron chi connectivity index (χ0n) is 21.6. The number of aryl methyl sites for hydroxylation is 1. The normalized spacial score (nSPS) is 17.0. The number of anilines is 1. The summed E-state index contributed by atoms with van der Waals surface area (Å²) in [5, 5.41) is 11.9. The number of hydrogen-bond donors (Lipinski definition) is 1. The molecule has 1 aliphatic heterocycles. The SMILES string of the molecule is COc1ccc(C2/C(=C(\O)c3cccc(OCC(C)C)c3)C(=O)C(=O)N2c2nc3ccc(C)cc3s2)cc1. The molecule has 1 fully saturated rings. The van der Waals surface area contributed by atoms with E-state index in [4.69, 9.17) is 9.47 Å². The minimum Gasteiger partial charge on any atom is -0.507 e. The van der Waals surface area contributed by atoms with Gasteiger partial charge in [0.25, 0.3) is 5.78 Å². The highest BCUT2D eigenvalue weighted by molar-refractivity contribution is 7.22. The highest BCUT2D eigenvalue weighted by Gasteiger charge is 2.48. The lowest BCUT2D eigenvalue weighted by Gasteiger charge is -2.23. The van der Waals surface area contributed by atoms with Gasteiger partial charge in [-0.05, 0) is 60.4 Å². The van der Waals surface area contributed by atoms with Crippen LogP contribution < -0.4 is 14.4 Å². The molecule has 1 amide bonds. The average Bonchev–Trinajstić information content (AvgIpc) is 3.44. The third-order valence-corrected chi connectivity index (χ3v) is 7.32. The molecule has 1 atom stereocenters. The van der Waals surface area contributed by atoms with Crippen LogP contribution in [0.5, 0.6) is 11.5 Å². The molecule has 0 aliphatic carbocycles. The zero-order valence-corrected chi connectivity index (χ0v) is 22.4. The smallest absolute Gasteiger partial charge is 0.301 e. The van der Waals surface area contributed by atoms with E-state index in [0.717, 1.165) is 15.8 Å². The number of aliphatic hydroxyl groups is 1. The van der Waals surface area contributed by atoms with Gasteiger partial charge >= 0.3 is 5.91 Å². The number of fused-ring (bicyclic) bond motifs is 1. The topological polar surface area (TPSA) is 89.0 Å². The quantitative estimate of drug-likeness (QED) is 0.173. The molecule has 5 rings (SSSR count). The number of thiazole rings is 1. The Labute approximate surface area is 225 Å². The van der Waals surface area contributed by atoms with Crippen molar-refractivity contribution in [2.24, 2.45) is 5.92 Å². The molecule has 0 saturated carbocycles. The summed E-state index contributed by atoms with van der Waals surface area (Å²) in [6.07, 6.45) is 0. The number of ketones is 1. The first kappa shape index (κ1) is 25.5. The Hall–Kier alpha value is -4.17. The third-order valence-electron chi connectivity index (χ3n) is 6.31. The second kappa shape index (κ2) is 10.3. The van der Waals surface area contributed by atoms with Gasteiger partial charge in [0.1, 0.15) is 17.3 Å². The van der Waals surface area contributed by atoms with Crippen molar-refractivity contribution in [3.8, 4) is 11.5 Å². The predicted molar refractivity (Wildman–Crippen MR) is 149 cm³/mol. The molecule has 0 spiro atoms. The lowest BCUT2D eigenvalue weighted by molar-refractivity contribution is -0.132. The minimum atomic E-state index is -0.872. The molecule has 0 bridgehead atoms. The second-order valence-corrected chi connectivity index (χ2v) is 10.7. The summed E-state index contributed by atoms with van der Waals surface area (Å²) in [7, 11) is 1.57. The fourth-order valence-corrected chi connectivity index (χ4v) is 5.50. The van der Waals surface area contributed by atoms with Gasteiger partial charge in [0, 0.05) is 5.56 Å². The molecule has 194 valence electrons. The van der Waals surface area contributed by atoms with Gasteiger partial charge in [-0.15, -0.1) is 0 Å². The van der Waals surface area contributed by atoms with Crippen LogP contribution in [-0.2, 0) is 9.59 Å². The summed E-state index contributed by atoms with van der Waals surface area (Å²) in [5.74, 6) is -0.248. The van der Waals surface area contributed by atoms with Crippen LogP contribution in [0.25, 0.3) is 16.0 Å². The maximum atomic E-state index is 13.5. The van der Waals surface area contributed by atoms with Crippen LogP contribution in [0.3, 0.4) is 0 Å². The summed E-state index contributed by atoms with van der Waals surface area (Å²) >= 11 is 1.33. The number of amides is 1. The number of aliphatic hydroxyl groups excluding tert-OH is 1. The van der Waals surface area contributed by atoms with E-state index >= 15 is 0 Å². The first-order valence-electron chi connectivity index (χ1n) is 12.3. The van der Waals surface area contributed by atoms with Gasteiger partial charge in [-0.1, -0.05) is 55.5 Å². The van der Waals surface area contributed by atoms with E-state index < -0.39 is 17.7 Å². The number of methoxy groups -OCH3 is 1. The van der Waals surface area contributed by atoms with Crippen molar-refractivity contribution < 1.29 is 24.2 Å². The minimum absolute atomic E-state index is 0.00314. The number of nitrogens with zero attached hydrogens (tertiary/aromatic N) is 2. The Bertz CT molecular complexity index is 1550. The van der Waals surface area contributed by atoms with Crippen molar-refractivity contribution in [3.63, 3.8) is 0 Å². The molecular weight excluding hydrogens is 500 g/mol. The van der Waals surface area contributed by atoms with Crippen LogP contribution >= 0.6 is 11.3 Å². The molecule has 1 N–H and O–H groups in total. The Morgan fingerprint density at radius 2 is 1.82 bits per heavy atom. The summed E-state index contributed by atoms with van der Waals surface area (Å²) in [6, 6.07) is 19.0. The van der Waals surface area contributed by atoms with Crippen molar-refractivity contribution in [1.82, 2.24) is 4.98 Å².